The number of aromatic nitrogens is 2. The molecule has 2 aromatic carbocycles. The van der Waals surface area contributed by atoms with E-state index < -0.39 is 5.82 Å². The van der Waals surface area contributed by atoms with Gasteiger partial charge in [0.25, 0.3) is 5.56 Å². The maximum Gasteiger partial charge on any atom is 0.271 e. The Hall–Kier alpha value is -3.55. The fourth-order valence-electron chi connectivity index (χ4n) is 3.70. The Bertz CT molecular complexity index is 1130. The van der Waals surface area contributed by atoms with Gasteiger partial charge in [0.2, 0.25) is 5.91 Å². The van der Waals surface area contributed by atoms with Crippen LogP contribution < -0.4 is 15.8 Å². The molecule has 0 aliphatic carbocycles. The Labute approximate surface area is 178 Å². The highest BCUT2D eigenvalue weighted by Gasteiger charge is 2.26. The van der Waals surface area contributed by atoms with E-state index in [-0.39, 0.29) is 23.2 Å². The molecule has 1 N–H and O–H groups in total. The lowest BCUT2D eigenvalue weighted by Crippen LogP contribution is -2.43. The van der Waals surface area contributed by atoms with Crippen molar-refractivity contribution in [2.45, 2.75) is 19.4 Å². The number of benzene rings is 2. The first-order valence-electron chi connectivity index (χ1n) is 10.1. The van der Waals surface area contributed by atoms with E-state index in [1.54, 1.807) is 24.3 Å². The van der Waals surface area contributed by atoms with E-state index in [0.717, 1.165) is 23.1 Å². The molecule has 0 bridgehead atoms. The molecule has 1 fully saturated rings. The predicted octanol–water partition coefficient (Wildman–Crippen LogP) is 3.04. The lowest BCUT2D eigenvalue weighted by atomic mass is 9.97. The quantitative estimate of drug-likeness (QED) is 0.684. The van der Waals surface area contributed by atoms with E-state index in [1.165, 1.54) is 36.4 Å². The van der Waals surface area contributed by atoms with Crippen LogP contribution in [-0.2, 0) is 11.3 Å². The Kier molecular flexibility index (Phi) is 6.06. The van der Waals surface area contributed by atoms with Crippen LogP contribution in [0, 0.1) is 17.6 Å². The van der Waals surface area contributed by atoms with Crippen LogP contribution in [0.5, 0.6) is 0 Å². The van der Waals surface area contributed by atoms with Gasteiger partial charge >= 0.3 is 0 Å². The zero-order chi connectivity index (χ0) is 21.8. The van der Waals surface area contributed by atoms with Crippen molar-refractivity contribution in [2.75, 3.05) is 18.0 Å². The molecule has 31 heavy (non-hydrogen) atoms. The molecule has 160 valence electrons. The Morgan fingerprint density at radius 2 is 1.87 bits per heavy atom. The van der Waals surface area contributed by atoms with Crippen molar-refractivity contribution < 1.29 is 13.6 Å². The molecule has 1 saturated heterocycles. The maximum atomic E-state index is 13.6. The summed E-state index contributed by atoms with van der Waals surface area (Å²) in [5.74, 6) is -0.518. The summed E-state index contributed by atoms with van der Waals surface area (Å²) in [6.07, 6.45) is 1.55. The molecule has 8 heteroatoms. The van der Waals surface area contributed by atoms with Gasteiger partial charge in [-0.15, -0.1) is 5.10 Å². The molecule has 0 spiro atoms. The van der Waals surface area contributed by atoms with Crippen molar-refractivity contribution >= 4 is 11.7 Å². The van der Waals surface area contributed by atoms with Gasteiger partial charge < -0.3 is 10.2 Å². The lowest BCUT2D eigenvalue weighted by Gasteiger charge is -2.33. The zero-order valence-corrected chi connectivity index (χ0v) is 16.8. The summed E-state index contributed by atoms with van der Waals surface area (Å²) in [6.45, 7) is 1.50. The van der Waals surface area contributed by atoms with Crippen LogP contribution in [0.1, 0.15) is 18.4 Å². The summed E-state index contributed by atoms with van der Waals surface area (Å²) >= 11 is 0. The van der Waals surface area contributed by atoms with E-state index in [1.807, 2.05) is 4.90 Å². The van der Waals surface area contributed by atoms with Gasteiger partial charge in [-0.1, -0.05) is 18.2 Å². The van der Waals surface area contributed by atoms with Crippen molar-refractivity contribution in [3.8, 4) is 5.69 Å². The minimum Gasteiger partial charge on any atom is -0.354 e. The predicted molar refractivity (Wildman–Crippen MR) is 113 cm³/mol. The fourth-order valence-corrected chi connectivity index (χ4v) is 3.70. The number of carbonyl (C=O) groups excluding carboxylic acids is 1. The number of carbonyl (C=O) groups is 1. The topological polar surface area (TPSA) is 67.2 Å². The third-order valence-corrected chi connectivity index (χ3v) is 5.34. The molecule has 6 nitrogen and oxygen atoms in total. The molecule has 1 atom stereocenters. The third-order valence-electron chi connectivity index (χ3n) is 5.34. The largest absolute Gasteiger partial charge is 0.354 e. The summed E-state index contributed by atoms with van der Waals surface area (Å²) in [7, 11) is 0. The van der Waals surface area contributed by atoms with Crippen molar-refractivity contribution in [1.29, 1.82) is 0 Å². The molecule has 2 heterocycles. The average Bonchev–Trinajstić information content (AvgIpc) is 2.79. The standard InChI is InChI=1S/C23H22F2N4O2/c24-18-8-6-16(7-9-18)14-26-23(31)17-3-2-12-28(15-17)21-10-11-22(30)29(27-21)20-5-1-4-19(25)13-20/h1,4-11,13,17H,2-3,12,14-15H2,(H,26,31). The second-order valence-electron chi connectivity index (χ2n) is 7.55. The second-order valence-corrected chi connectivity index (χ2v) is 7.55. The number of hydrogen-bond donors (Lipinski definition) is 1. The van der Waals surface area contributed by atoms with Crippen molar-refractivity contribution in [1.82, 2.24) is 15.1 Å². The summed E-state index contributed by atoms with van der Waals surface area (Å²) in [4.78, 5) is 26.9. The van der Waals surface area contributed by atoms with E-state index in [9.17, 15) is 18.4 Å². The smallest absolute Gasteiger partial charge is 0.271 e. The van der Waals surface area contributed by atoms with Crippen LogP contribution >= 0.6 is 0 Å². The van der Waals surface area contributed by atoms with Gasteiger partial charge in [0.15, 0.2) is 0 Å². The van der Waals surface area contributed by atoms with Gasteiger partial charge in [-0.25, -0.2) is 8.78 Å². The number of amides is 1. The first-order valence-corrected chi connectivity index (χ1v) is 10.1. The molecule has 1 aromatic heterocycles. The number of anilines is 1. The maximum absolute atomic E-state index is 13.6. The van der Waals surface area contributed by atoms with Crippen molar-refractivity contribution in [3.05, 3.63) is 88.2 Å². The van der Waals surface area contributed by atoms with Gasteiger partial charge in [0, 0.05) is 25.7 Å². The van der Waals surface area contributed by atoms with Gasteiger partial charge in [-0.3, -0.25) is 9.59 Å². The first kappa shape index (κ1) is 20.7. The normalized spacial score (nSPS) is 16.2. The number of hydrogen-bond acceptors (Lipinski definition) is 4. The van der Waals surface area contributed by atoms with Crippen LogP contribution in [0.3, 0.4) is 0 Å². The van der Waals surface area contributed by atoms with Gasteiger partial charge in [-0.05, 0) is 54.8 Å². The third kappa shape index (κ3) is 4.96. The Morgan fingerprint density at radius 1 is 1.06 bits per heavy atom. The molecular formula is C23H22F2N4O2. The fraction of sp³-hybridized carbons (Fsp3) is 0.261. The highest BCUT2D eigenvalue weighted by Crippen LogP contribution is 2.22. The highest BCUT2D eigenvalue weighted by atomic mass is 19.1. The second kappa shape index (κ2) is 9.07. The summed E-state index contributed by atoms with van der Waals surface area (Å²) in [5, 5.41) is 7.31. The number of nitrogens with one attached hydrogen (secondary N) is 1. The average molecular weight is 424 g/mol. The Morgan fingerprint density at radius 3 is 2.65 bits per heavy atom. The minimum absolute atomic E-state index is 0.0764. The summed E-state index contributed by atoms with van der Waals surface area (Å²) in [6, 6.07) is 14.7. The lowest BCUT2D eigenvalue weighted by molar-refractivity contribution is -0.125. The van der Waals surface area contributed by atoms with E-state index in [0.29, 0.717) is 31.1 Å². The monoisotopic (exact) mass is 424 g/mol. The molecule has 1 unspecified atom stereocenters. The molecule has 1 aliphatic rings. The van der Waals surface area contributed by atoms with E-state index in [4.69, 9.17) is 0 Å². The number of halogens is 2. The molecule has 3 aromatic rings. The van der Waals surface area contributed by atoms with E-state index in [2.05, 4.69) is 10.4 Å². The molecule has 0 radical (unpaired) electrons. The van der Waals surface area contributed by atoms with Crippen molar-refractivity contribution in [2.24, 2.45) is 5.92 Å². The molecule has 1 aliphatic heterocycles. The van der Waals surface area contributed by atoms with Gasteiger partial charge in [0.1, 0.15) is 17.5 Å². The van der Waals surface area contributed by atoms with Crippen LogP contribution in [0.15, 0.2) is 65.5 Å². The highest BCUT2D eigenvalue weighted by molar-refractivity contribution is 5.79. The number of nitrogens with zero attached hydrogens (tertiary/aromatic N) is 3. The molecule has 0 saturated carbocycles. The first-order chi connectivity index (χ1) is 15.0. The van der Waals surface area contributed by atoms with Crippen molar-refractivity contribution in [3.63, 3.8) is 0 Å². The summed E-state index contributed by atoms with van der Waals surface area (Å²) < 4.78 is 27.8. The van der Waals surface area contributed by atoms with Crippen LogP contribution in [0.4, 0.5) is 14.6 Å². The van der Waals surface area contributed by atoms with Gasteiger partial charge in [-0.2, -0.15) is 4.68 Å². The Balaban J connectivity index is 1.45. The molecule has 1 amide bonds. The summed E-state index contributed by atoms with van der Waals surface area (Å²) in [5.41, 5.74) is 0.809. The molecular weight excluding hydrogens is 402 g/mol. The van der Waals surface area contributed by atoms with Crippen LogP contribution in [0.2, 0.25) is 0 Å². The van der Waals surface area contributed by atoms with E-state index >= 15 is 0 Å². The number of rotatable bonds is 5. The SMILES string of the molecule is O=C(NCc1ccc(F)cc1)C1CCCN(c2ccc(=O)n(-c3cccc(F)c3)n2)C1. The van der Waals surface area contributed by atoms with Gasteiger partial charge in [0.05, 0.1) is 11.6 Å². The zero-order valence-electron chi connectivity index (χ0n) is 16.8. The molecule has 4 rings (SSSR count). The van der Waals surface area contributed by atoms with Crippen LogP contribution in [0.25, 0.3) is 5.69 Å². The number of piperidine rings is 1. The minimum atomic E-state index is -0.451. The van der Waals surface area contributed by atoms with Crippen LogP contribution in [-0.4, -0.2) is 28.8 Å².